The summed E-state index contributed by atoms with van der Waals surface area (Å²) in [4.78, 5) is 12.6. The number of aliphatic hydroxyl groups is 3. The highest BCUT2D eigenvalue weighted by molar-refractivity contribution is 5.92. The van der Waals surface area contributed by atoms with E-state index < -0.39 is 43.2 Å². The Morgan fingerprint density at radius 2 is 1.71 bits per heavy atom. The zero-order valence-corrected chi connectivity index (χ0v) is 15.0. The van der Waals surface area contributed by atoms with Crippen LogP contribution < -0.4 is 10.5 Å². The number of esters is 1. The first kappa shape index (κ1) is 20.2. The minimum atomic E-state index is -1.41. The lowest BCUT2D eigenvalue weighted by atomic mass is 9.98. The average molecular weight is 389 g/mol. The summed E-state index contributed by atoms with van der Waals surface area (Å²) in [6.45, 7) is -0.294. The maximum Gasteiger partial charge on any atom is 0.344 e. The number of ether oxygens (including phenoxy) is 3. The molecule has 8 heteroatoms. The molecule has 0 aliphatic carbocycles. The van der Waals surface area contributed by atoms with Crippen molar-refractivity contribution in [1.29, 1.82) is 0 Å². The predicted octanol–water partition coefficient (Wildman–Crippen LogP) is 0.189. The van der Waals surface area contributed by atoms with Gasteiger partial charge in [0.1, 0.15) is 36.2 Å². The Balaban J connectivity index is 1.70. The van der Waals surface area contributed by atoms with Crippen LogP contribution in [0.25, 0.3) is 0 Å². The molecule has 3 rings (SSSR count). The minimum Gasteiger partial charge on any atom is -0.488 e. The lowest BCUT2D eigenvalue weighted by Crippen LogP contribution is -2.62. The van der Waals surface area contributed by atoms with Crippen LogP contribution in [0.4, 0.5) is 0 Å². The molecule has 1 aliphatic rings. The second-order valence-electron chi connectivity index (χ2n) is 6.46. The molecule has 28 heavy (non-hydrogen) atoms. The van der Waals surface area contributed by atoms with Gasteiger partial charge in [0.2, 0.25) is 6.29 Å². The van der Waals surface area contributed by atoms with Gasteiger partial charge in [0, 0.05) is 0 Å². The van der Waals surface area contributed by atoms with E-state index in [-0.39, 0.29) is 12.2 Å². The Morgan fingerprint density at radius 3 is 2.43 bits per heavy atom. The number of rotatable bonds is 6. The number of nitrogens with two attached hydrogens (primary N) is 1. The van der Waals surface area contributed by atoms with Crippen molar-refractivity contribution >= 4 is 5.97 Å². The van der Waals surface area contributed by atoms with Crippen molar-refractivity contribution < 1.29 is 34.3 Å². The van der Waals surface area contributed by atoms with Crippen molar-refractivity contribution in [2.24, 2.45) is 5.73 Å². The van der Waals surface area contributed by atoms with Gasteiger partial charge in [-0.1, -0.05) is 42.5 Å². The Bertz CT molecular complexity index is 783. The van der Waals surface area contributed by atoms with E-state index in [4.69, 9.17) is 19.9 Å². The van der Waals surface area contributed by atoms with Gasteiger partial charge in [0.05, 0.1) is 12.6 Å². The molecule has 0 saturated carbocycles. The zero-order valence-electron chi connectivity index (χ0n) is 15.0. The fourth-order valence-electron chi connectivity index (χ4n) is 2.87. The second kappa shape index (κ2) is 9.13. The summed E-state index contributed by atoms with van der Waals surface area (Å²) in [7, 11) is 0. The second-order valence-corrected chi connectivity index (χ2v) is 6.46. The number of benzene rings is 2. The van der Waals surface area contributed by atoms with E-state index >= 15 is 0 Å². The monoisotopic (exact) mass is 389 g/mol. The quantitative estimate of drug-likeness (QED) is 0.515. The summed E-state index contributed by atoms with van der Waals surface area (Å²) in [5, 5.41) is 29.1. The first-order chi connectivity index (χ1) is 13.5. The number of carbonyl (C=O) groups excluding carboxylic acids is 1. The molecule has 2 aromatic rings. The Morgan fingerprint density at radius 1 is 1.04 bits per heavy atom. The molecular weight excluding hydrogens is 366 g/mol. The van der Waals surface area contributed by atoms with Crippen LogP contribution in [0.1, 0.15) is 15.9 Å². The summed E-state index contributed by atoms with van der Waals surface area (Å²) in [6.07, 6.45) is -5.23. The van der Waals surface area contributed by atoms with Gasteiger partial charge in [-0.3, -0.25) is 0 Å². The van der Waals surface area contributed by atoms with Gasteiger partial charge in [-0.25, -0.2) is 4.79 Å². The van der Waals surface area contributed by atoms with Crippen LogP contribution in [-0.4, -0.2) is 58.5 Å². The van der Waals surface area contributed by atoms with E-state index in [9.17, 15) is 20.1 Å². The van der Waals surface area contributed by atoms with Gasteiger partial charge in [0.25, 0.3) is 0 Å². The van der Waals surface area contributed by atoms with Crippen LogP contribution in [-0.2, 0) is 16.1 Å². The highest BCUT2D eigenvalue weighted by Crippen LogP contribution is 2.25. The van der Waals surface area contributed by atoms with Crippen molar-refractivity contribution in [3.63, 3.8) is 0 Å². The van der Waals surface area contributed by atoms with E-state index in [2.05, 4.69) is 0 Å². The van der Waals surface area contributed by atoms with E-state index in [1.54, 1.807) is 18.2 Å². The minimum absolute atomic E-state index is 0.162. The molecule has 1 aliphatic heterocycles. The Labute approximate surface area is 162 Å². The molecule has 1 heterocycles. The third kappa shape index (κ3) is 4.49. The van der Waals surface area contributed by atoms with Gasteiger partial charge in [-0.05, 0) is 17.7 Å². The molecule has 1 fully saturated rings. The SMILES string of the molecule is N[C@H]1C(OC(=O)c2ccccc2OCc2ccccc2)O[C@H](CO)[C@@H](O)[C@@H]1O. The summed E-state index contributed by atoms with van der Waals surface area (Å²) in [5.74, 6) is -0.440. The molecule has 0 spiro atoms. The van der Waals surface area contributed by atoms with E-state index in [0.29, 0.717) is 5.75 Å². The van der Waals surface area contributed by atoms with E-state index in [0.717, 1.165) is 5.56 Å². The number of carbonyl (C=O) groups is 1. The summed E-state index contributed by atoms with van der Waals surface area (Å²) in [6, 6.07) is 14.9. The molecule has 0 radical (unpaired) electrons. The smallest absolute Gasteiger partial charge is 0.344 e. The standard InChI is InChI=1S/C20H23NO7/c21-16-18(24)17(23)15(10-22)27-20(16)28-19(25)13-8-4-5-9-14(13)26-11-12-6-2-1-3-7-12/h1-9,15-18,20,22-24H,10-11,21H2/t15-,16-,17-,18-,20?/m1/s1. The third-order valence-electron chi connectivity index (χ3n) is 4.50. The first-order valence-electron chi connectivity index (χ1n) is 8.86. The first-order valence-corrected chi connectivity index (χ1v) is 8.86. The molecule has 5 N–H and O–H groups in total. The zero-order chi connectivity index (χ0) is 20.1. The molecule has 150 valence electrons. The molecule has 0 aromatic heterocycles. The van der Waals surface area contributed by atoms with Crippen molar-refractivity contribution in [2.75, 3.05) is 6.61 Å². The van der Waals surface area contributed by atoms with Gasteiger partial charge in [-0.15, -0.1) is 0 Å². The third-order valence-corrected chi connectivity index (χ3v) is 4.50. The molecule has 8 nitrogen and oxygen atoms in total. The highest BCUT2D eigenvalue weighted by atomic mass is 16.7. The van der Waals surface area contributed by atoms with Gasteiger partial charge >= 0.3 is 5.97 Å². The number of aliphatic hydroxyl groups excluding tert-OH is 3. The summed E-state index contributed by atoms with van der Waals surface area (Å²) in [5.41, 5.74) is 6.90. The van der Waals surface area contributed by atoms with Crippen LogP contribution in [0.2, 0.25) is 0 Å². The molecule has 5 atom stereocenters. The maximum atomic E-state index is 12.6. The number of hydrogen-bond acceptors (Lipinski definition) is 8. The van der Waals surface area contributed by atoms with Crippen LogP contribution in [0.3, 0.4) is 0 Å². The van der Waals surface area contributed by atoms with Gasteiger partial charge < -0.3 is 35.3 Å². The molecule has 2 aromatic carbocycles. The lowest BCUT2D eigenvalue weighted by molar-refractivity contribution is -0.248. The van der Waals surface area contributed by atoms with Crippen molar-refractivity contribution in [3.8, 4) is 5.75 Å². The van der Waals surface area contributed by atoms with Gasteiger partial charge in [0.15, 0.2) is 0 Å². The average Bonchev–Trinajstić information content (AvgIpc) is 2.73. The fraction of sp³-hybridized carbons (Fsp3) is 0.350. The Kier molecular flexibility index (Phi) is 6.61. The van der Waals surface area contributed by atoms with Crippen LogP contribution in [0.15, 0.2) is 54.6 Å². The van der Waals surface area contributed by atoms with Crippen molar-refractivity contribution in [2.45, 2.75) is 37.3 Å². The lowest BCUT2D eigenvalue weighted by Gasteiger charge is -2.39. The molecular formula is C20H23NO7. The fourth-order valence-corrected chi connectivity index (χ4v) is 2.87. The van der Waals surface area contributed by atoms with Crippen molar-refractivity contribution in [3.05, 3.63) is 65.7 Å². The van der Waals surface area contributed by atoms with E-state index in [1.165, 1.54) is 6.07 Å². The summed E-state index contributed by atoms with van der Waals surface area (Å²) < 4.78 is 16.3. The molecule has 1 saturated heterocycles. The largest absolute Gasteiger partial charge is 0.488 e. The molecule has 0 bridgehead atoms. The highest BCUT2D eigenvalue weighted by Gasteiger charge is 2.44. The van der Waals surface area contributed by atoms with Crippen LogP contribution in [0, 0.1) is 0 Å². The number of para-hydroxylation sites is 1. The predicted molar refractivity (Wildman–Crippen MR) is 98.4 cm³/mol. The Hall–Kier alpha value is -2.49. The topological polar surface area (TPSA) is 131 Å². The molecule has 1 unspecified atom stereocenters. The maximum absolute atomic E-state index is 12.6. The normalized spacial score (nSPS) is 27.2. The summed E-state index contributed by atoms with van der Waals surface area (Å²) >= 11 is 0. The van der Waals surface area contributed by atoms with Crippen molar-refractivity contribution in [1.82, 2.24) is 0 Å². The van der Waals surface area contributed by atoms with E-state index in [1.807, 2.05) is 30.3 Å². The van der Waals surface area contributed by atoms with Crippen LogP contribution in [0.5, 0.6) is 5.75 Å². The number of hydrogen-bond donors (Lipinski definition) is 4. The van der Waals surface area contributed by atoms with Gasteiger partial charge in [-0.2, -0.15) is 0 Å². The molecule has 0 amide bonds. The van der Waals surface area contributed by atoms with Crippen LogP contribution >= 0.6 is 0 Å².